The average Bonchev–Trinajstić information content (AvgIpc) is 2.72. The number of unbranched alkanes of at least 4 members (excludes halogenated alkanes) is 1. The fraction of sp³-hybridized carbons (Fsp3) is 0.455. The Bertz CT molecular complexity index is 958. The van der Waals surface area contributed by atoms with Crippen molar-refractivity contribution >= 4 is 10.1 Å². The van der Waals surface area contributed by atoms with E-state index in [4.69, 9.17) is 13.7 Å². The Morgan fingerprint density at radius 2 is 2.00 bits per heavy atom. The zero-order valence-corrected chi connectivity index (χ0v) is 18.0. The first-order valence-corrected chi connectivity index (χ1v) is 11.5. The van der Waals surface area contributed by atoms with Gasteiger partial charge in [-0.1, -0.05) is 31.0 Å². The molecule has 0 radical (unpaired) electrons. The summed E-state index contributed by atoms with van der Waals surface area (Å²) in [5.74, 6) is -0.0115. The normalized spacial score (nSPS) is 17.1. The Kier molecular flexibility index (Phi) is 7.33. The summed E-state index contributed by atoms with van der Waals surface area (Å²) in [4.78, 5) is 0.0212. The van der Waals surface area contributed by atoms with Crippen molar-refractivity contribution in [3.05, 3.63) is 53.3 Å². The third kappa shape index (κ3) is 5.50. The van der Waals surface area contributed by atoms with Crippen LogP contribution in [-0.2, 0) is 20.7 Å². The first-order valence-electron chi connectivity index (χ1n) is 10.1. The highest BCUT2D eigenvalue weighted by molar-refractivity contribution is 7.86. The Balaban J connectivity index is 1.60. The zero-order chi connectivity index (χ0) is 21.7. The number of ether oxygens (including phenoxy) is 2. The second kappa shape index (κ2) is 9.76. The van der Waals surface area contributed by atoms with Crippen molar-refractivity contribution in [1.82, 2.24) is 0 Å². The standard InChI is InChI=1S/C22H27FO6S/c1-3-4-11-27-22-12-16-7-10-20(29-21(16)13-18(22)23)19(24)14-28-30(25,26)17-8-5-15(2)6-9-17/h5-6,8-9,12-13,19-20,24H,3-4,7,10-11,14H2,1-2H3/t19-,20-/m0/s1. The van der Waals surface area contributed by atoms with Crippen LogP contribution >= 0.6 is 0 Å². The molecule has 0 aromatic heterocycles. The minimum Gasteiger partial charge on any atom is -0.491 e. The Morgan fingerprint density at radius 1 is 1.27 bits per heavy atom. The Morgan fingerprint density at radius 3 is 2.70 bits per heavy atom. The summed E-state index contributed by atoms with van der Waals surface area (Å²) in [6.07, 6.45) is 0.914. The van der Waals surface area contributed by atoms with Crippen LogP contribution in [0.2, 0.25) is 0 Å². The van der Waals surface area contributed by atoms with Crippen molar-refractivity contribution in [2.24, 2.45) is 0 Å². The van der Waals surface area contributed by atoms with Gasteiger partial charge in [-0.3, -0.25) is 4.18 Å². The molecule has 0 saturated carbocycles. The third-order valence-electron chi connectivity index (χ3n) is 4.98. The summed E-state index contributed by atoms with van der Waals surface area (Å²) >= 11 is 0. The molecule has 0 aliphatic carbocycles. The number of rotatable bonds is 9. The lowest BCUT2D eigenvalue weighted by Gasteiger charge is -2.29. The third-order valence-corrected chi connectivity index (χ3v) is 6.28. The van der Waals surface area contributed by atoms with Gasteiger partial charge in [0.25, 0.3) is 10.1 Å². The molecule has 0 bridgehead atoms. The molecular weight excluding hydrogens is 411 g/mol. The van der Waals surface area contributed by atoms with Crippen LogP contribution < -0.4 is 9.47 Å². The van der Waals surface area contributed by atoms with E-state index in [1.54, 1.807) is 18.2 Å². The van der Waals surface area contributed by atoms with Crippen LogP contribution in [0.25, 0.3) is 0 Å². The van der Waals surface area contributed by atoms with Crippen molar-refractivity contribution in [2.75, 3.05) is 13.2 Å². The SMILES string of the molecule is CCCCOc1cc2c(cc1F)O[C@H]([C@@H](O)COS(=O)(=O)c1ccc(C)cc1)CC2. The molecule has 1 aliphatic heterocycles. The van der Waals surface area contributed by atoms with Crippen molar-refractivity contribution < 1.29 is 31.6 Å². The van der Waals surface area contributed by atoms with Gasteiger partial charge >= 0.3 is 0 Å². The molecule has 30 heavy (non-hydrogen) atoms. The molecule has 2 aromatic rings. The molecule has 2 aromatic carbocycles. The van der Waals surface area contributed by atoms with Crippen molar-refractivity contribution in [2.45, 2.75) is 56.6 Å². The second-order valence-corrected chi connectivity index (χ2v) is 9.02. The van der Waals surface area contributed by atoms with Gasteiger partial charge in [-0.15, -0.1) is 0 Å². The highest BCUT2D eigenvalue weighted by Crippen LogP contribution is 2.34. The van der Waals surface area contributed by atoms with E-state index in [1.807, 2.05) is 13.8 Å². The van der Waals surface area contributed by atoms with Crippen molar-refractivity contribution in [3.8, 4) is 11.5 Å². The van der Waals surface area contributed by atoms with Gasteiger partial charge in [0.05, 0.1) is 18.1 Å². The van der Waals surface area contributed by atoms with Crippen molar-refractivity contribution in [3.63, 3.8) is 0 Å². The maximum atomic E-state index is 14.3. The van der Waals surface area contributed by atoms with E-state index in [1.165, 1.54) is 18.2 Å². The Labute approximate surface area is 176 Å². The number of fused-ring (bicyclic) bond motifs is 1. The molecule has 1 heterocycles. The first kappa shape index (κ1) is 22.5. The number of hydrogen-bond donors (Lipinski definition) is 1. The lowest BCUT2D eigenvalue weighted by molar-refractivity contribution is -0.00224. The molecule has 0 amide bonds. The van der Waals surface area contributed by atoms with E-state index in [-0.39, 0.29) is 10.6 Å². The summed E-state index contributed by atoms with van der Waals surface area (Å²) < 4.78 is 55.0. The second-order valence-electron chi connectivity index (χ2n) is 7.41. The minimum absolute atomic E-state index is 0.0212. The summed E-state index contributed by atoms with van der Waals surface area (Å²) in [6, 6.07) is 9.12. The molecule has 0 spiro atoms. The van der Waals surface area contributed by atoms with Gasteiger partial charge in [0.1, 0.15) is 18.0 Å². The number of halogens is 1. The predicted octanol–water partition coefficient (Wildman–Crippen LogP) is 3.77. The van der Waals surface area contributed by atoms with E-state index >= 15 is 0 Å². The molecule has 0 saturated heterocycles. The van der Waals surface area contributed by atoms with E-state index in [2.05, 4.69) is 0 Å². The summed E-state index contributed by atoms with van der Waals surface area (Å²) in [5, 5.41) is 10.4. The predicted molar refractivity (Wildman–Crippen MR) is 110 cm³/mol. The van der Waals surface area contributed by atoms with Crippen LogP contribution in [0.5, 0.6) is 11.5 Å². The van der Waals surface area contributed by atoms with E-state index in [0.717, 1.165) is 24.0 Å². The van der Waals surface area contributed by atoms with Gasteiger partial charge in [0, 0.05) is 6.07 Å². The first-order chi connectivity index (χ1) is 14.3. The van der Waals surface area contributed by atoms with Crippen LogP contribution in [0.15, 0.2) is 41.3 Å². The molecule has 2 atom stereocenters. The van der Waals surface area contributed by atoms with Crippen molar-refractivity contribution in [1.29, 1.82) is 0 Å². The van der Waals surface area contributed by atoms with Crippen LogP contribution in [0.1, 0.15) is 37.3 Å². The molecule has 8 heteroatoms. The topological polar surface area (TPSA) is 82.1 Å². The molecule has 3 rings (SSSR count). The molecular formula is C22H27FO6S. The van der Waals surface area contributed by atoms with Crippen LogP contribution in [0, 0.1) is 12.7 Å². The quantitative estimate of drug-likeness (QED) is 0.474. The lowest BCUT2D eigenvalue weighted by Crippen LogP contribution is -2.38. The average molecular weight is 439 g/mol. The number of aliphatic hydroxyl groups excluding tert-OH is 1. The highest BCUT2D eigenvalue weighted by atomic mass is 32.2. The largest absolute Gasteiger partial charge is 0.491 e. The van der Waals surface area contributed by atoms with Crippen LogP contribution in [-0.4, -0.2) is 38.9 Å². The summed E-state index contributed by atoms with van der Waals surface area (Å²) in [7, 11) is -3.99. The van der Waals surface area contributed by atoms with Gasteiger partial charge in [-0.2, -0.15) is 8.42 Å². The number of aryl methyl sites for hydroxylation is 2. The number of hydrogen-bond acceptors (Lipinski definition) is 6. The maximum Gasteiger partial charge on any atom is 0.297 e. The van der Waals surface area contributed by atoms with E-state index < -0.39 is 34.8 Å². The summed E-state index contributed by atoms with van der Waals surface area (Å²) in [6.45, 7) is 3.88. The van der Waals surface area contributed by atoms with Crippen LogP contribution in [0.3, 0.4) is 0 Å². The van der Waals surface area contributed by atoms with Crippen LogP contribution in [0.4, 0.5) is 4.39 Å². The highest BCUT2D eigenvalue weighted by Gasteiger charge is 2.29. The minimum atomic E-state index is -3.99. The smallest absolute Gasteiger partial charge is 0.297 e. The zero-order valence-electron chi connectivity index (χ0n) is 17.1. The maximum absolute atomic E-state index is 14.3. The molecule has 6 nitrogen and oxygen atoms in total. The van der Waals surface area contributed by atoms with Gasteiger partial charge in [-0.05, 0) is 49.9 Å². The molecule has 164 valence electrons. The van der Waals surface area contributed by atoms with E-state index in [0.29, 0.717) is 25.2 Å². The molecule has 0 unspecified atom stereocenters. The monoisotopic (exact) mass is 438 g/mol. The molecule has 1 aliphatic rings. The molecule has 0 fully saturated rings. The fourth-order valence-electron chi connectivity index (χ4n) is 3.15. The van der Waals surface area contributed by atoms with Gasteiger partial charge in [-0.25, -0.2) is 4.39 Å². The lowest BCUT2D eigenvalue weighted by atomic mass is 9.99. The fourth-order valence-corrected chi connectivity index (χ4v) is 4.07. The number of aliphatic hydroxyl groups is 1. The Hall–Kier alpha value is -2.16. The van der Waals surface area contributed by atoms with Gasteiger partial charge in [0.15, 0.2) is 11.6 Å². The van der Waals surface area contributed by atoms with E-state index in [9.17, 15) is 17.9 Å². The number of benzene rings is 2. The molecule has 1 N–H and O–H groups in total. The van der Waals surface area contributed by atoms with Gasteiger partial charge in [0.2, 0.25) is 0 Å². The summed E-state index contributed by atoms with van der Waals surface area (Å²) in [5.41, 5.74) is 1.72. The van der Waals surface area contributed by atoms with Gasteiger partial charge < -0.3 is 14.6 Å².